The summed E-state index contributed by atoms with van der Waals surface area (Å²) >= 11 is 5.38. The Morgan fingerprint density at radius 2 is 1.37 bits per heavy atom. The SMILES string of the molecule is O=C1C(c2c[nH]c3ccccc23)=C(c2c[nH]c3ccccc23)C(=O)N1NC(=S)Nc1cccnc1. The lowest BCUT2D eigenvalue weighted by molar-refractivity contribution is -0.138. The van der Waals surface area contributed by atoms with Gasteiger partial charge in [0.2, 0.25) is 0 Å². The number of fused-ring (bicyclic) bond motifs is 2. The molecule has 0 fully saturated rings. The number of H-pyrrole nitrogens is 2. The molecule has 2 amide bonds. The van der Waals surface area contributed by atoms with Crippen molar-refractivity contribution in [2.45, 2.75) is 0 Å². The maximum Gasteiger partial charge on any atom is 0.281 e. The van der Waals surface area contributed by atoms with E-state index in [1.54, 1.807) is 36.9 Å². The molecule has 1 aliphatic heterocycles. The number of rotatable bonds is 4. The third kappa shape index (κ3) is 3.46. The number of pyridine rings is 1. The van der Waals surface area contributed by atoms with Gasteiger partial charge in [0.15, 0.2) is 5.11 Å². The first kappa shape index (κ1) is 20.8. The average molecular weight is 479 g/mol. The Hall–Kier alpha value is -4.76. The largest absolute Gasteiger partial charge is 0.361 e. The van der Waals surface area contributed by atoms with Crippen LogP contribution >= 0.6 is 12.2 Å². The number of amides is 2. The van der Waals surface area contributed by atoms with Gasteiger partial charge in [-0.05, 0) is 36.5 Å². The number of carbonyl (C=O) groups excluding carboxylic acids is 2. The molecule has 35 heavy (non-hydrogen) atoms. The molecule has 4 heterocycles. The highest BCUT2D eigenvalue weighted by molar-refractivity contribution is 7.80. The maximum atomic E-state index is 13.7. The average Bonchev–Trinajstić information content (AvgIpc) is 3.55. The van der Waals surface area contributed by atoms with Crippen LogP contribution in [0.3, 0.4) is 0 Å². The van der Waals surface area contributed by atoms with Gasteiger partial charge in [-0.2, -0.15) is 5.01 Å². The minimum atomic E-state index is -0.490. The molecule has 3 aromatic heterocycles. The lowest BCUT2D eigenvalue weighted by Gasteiger charge is -2.18. The summed E-state index contributed by atoms with van der Waals surface area (Å²) in [5, 5.41) is 5.70. The Labute approximate surface area is 204 Å². The van der Waals surface area contributed by atoms with E-state index in [-0.39, 0.29) is 5.11 Å². The number of benzene rings is 2. The molecule has 0 saturated heterocycles. The fourth-order valence-corrected chi connectivity index (χ4v) is 4.59. The van der Waals surface area contributed by atoms with E-state index >= 15 is 0 Å². The molecule has 9 heteroatoms. The van der Waals surface area contributed by atoms with Crippen LogP contribution < -0.4 is 10.7 Å². The van der Waals surface area contributed by atoms with Crippen LogP contribution in [-0.4, -0.2) is 36.9 Å². The first-order valence-electron chi connectivity index (χ1n) is 10.9. The van der Waals surface area contributed by atoms with Gasteiger partial charge in [0, 0.05) is 51.5 Å². The Morgan fingerprint density at radius 1 is 0.800 bits per heavy atom. The second-order valence-corrected chi connectivity index (χ2v) is 8.41. The zero-order valence-corrected chi connectivity index (χ0v) is 19.0. The molecule has 170 valence electrons. The quantitative estimate of drug-likeness (QED) is 0.228. The molecule has 0 radical (unpaired) electrons. The fourth-order valence-electron chi connectivity index (χ4n) is 4.38. The Kier molecular flexibility index (Phi) is 4.89. The number of aromatic nitrogens is 3. The van der Waals surface area contributed by atoms with Crippen LogP contribution in [0.2, 0.25) is 0 Å². The number of nitrogens with one attached hydrogen (secondary N) is 4. The fraction of sp³-hybridized carbons (Fsp3) is 0. The maximum absolute atomic E-state index is 13.7. The van der Waals surface area contributed by atoms with Gasteiger partial charge in [-0.3, -0.25) is 20.0 Å². The minimum Gasteiger partial charge on any atom is -0.361 e. The van der Waals surface area contributed by atoms with Crippen molar-refractivity contribution in [3.63, 3.8) is 0 Å². The summed E-state index contributed by atoms with van der Waals surface area (Å²) < 4.78 is 0. The lowest BCUT2D eigenvalue weighted by Crippen LogP contribution is -2.48. The zero-order valence-electron chi connectivity index (χ0n) is 18.2. The van der Waals surface area contributed by atoms with Crippen molar-refractivity contribution in [3.8, 4) is 0 Å². The van der Waals surface area contributed by atoms with Gasteiger partial charge < -0.3 is 15.3 Å². The monoisotopic (exact) mass is 478 g/mol. The molecule has 1 aliphatic rings. The molecule has 0 unspecified atom stereocenters. The van der Waals surface area contributed by atoms with Gasteiger partial charge in [0.25, 0.3) is 11.8 Å². The first-order chi connectivity index (χ1) is 17.1. The van der Waals surface area contributed by atoms with Crippen molar-refractivity contribution in [2.75, 3.05) is 5.32 Å². The number of anilines is 1. The summed E-state index contributed by atoms with van der Waals surface area (Å²) in [6.07, 6.45) is 6.75. The van der Waals surface area contributed by atoms with E-state index in [1.165, 1.54) is 0 Å². The van der Waals surface area contributed by atoms with Gasteiger partial charge in [-0.1, -0.05) is 36.4 Å². The van der Waals surface area contributed by atoms with Crippen LogP contribution in [0, 0.1) is 0 Å². The van der Waals surface area contributed by atoms with Crippen LogP contribution in [-0.2, 0) is 9.59 Å². The van der Waals surface area contributed by atoms with Crippen LogP contribution in [0.5, 0.6) is 0 Å². The van der Waals surface area contributed by atoms with E-state index < -0.39 is 11.8 Å². The van der Waals surface area contributed by atoms with Crippen molar-refractivity contribution >= 4 is 67.8 Å². The van der Waals surface area contributed by atoms with Crippen LogP contribution in [0.15, 0.2) is 85.5 Å². The van der Waals surface area contributed by atoms with Crippen molar-refractivity contribution in [3.05, 3.63) is 96.6 Å². The molecular weight excluding hydrogens is 460 g/mol. The van der Waals surface area contributed by atoms with Crippen molar-refractivity contribution in [1.29, 1.82) is 0 Å². The van der Waals surface area contributed by atoms with E-state index in [0.29, 0.717) is 28.0 Å². The number of hydrogen-bond donors (Lipinski definition) is 4. The van der Waals surface area contributed by atoms with Gasteiger partial charge >= 0.3 is 0 Å². The molecule has 0 saturated carbocycles. The molecule has 0 atom stereocenters. The summed E-state index contributed by atoms with van der Waals surface area (Å²) in [6.45, 7) is 0. The topological polar surface area (TPSA) is 106 Å². The van der Waals surface area contributed by atoms with Crippen molar-refractivity contribution in [2.24, 2.45) is 0 Å². The zero-order chi connectivity index (χ0) is 23.9. The van der Waals surface area contributed by atoms with E-state index in [0.717, 1.165) is 26.8 Å². The Balaban J connectivity index is 1.46. The number of hydrogen-bond acceptors (Lipinski definition) is 4. The number of nitrogens with zero attached hydrogens (tertiary/aromatic N) is 2. The molecule has 0 spiro atoms. The number of hydrazine groups is 1. The lowest BCUT2D eigenvalue weighted by atomic mass is 9.95. The summed E-state index contributed by atoms with van der Waals surface area (Å²) in [5.41, 5.74) is 7.04. The molecule has 4 N–H and O–H groups in total. The highest BCUT2D eigenvalue weighted by atomic mass is 32.1. The van der Waals surface area contributed by atoms with Gasteiger partial charge in [-0.15, -0.1) is 0 Å². The summed E-state index contributed by atoms with van der Waals surface area (Å²) in [5.74, 6) is -0.981. The van der Waals surface area contributed by atoms with Crippen LogP contribution in [0.4, 0.5) is 5.69 Å². The second kappa shape index (κ2) is 8.23. The van der Waals surface area contributed by atoms with Crippen LogP contribution in [0.25, 0.3) is 33.0 Å². The number of para-hydroxylation sites is 2. The van der Waals surface area contributed by atoms with Gasteiger partial charge in [0.05, 0.1) is 23.0 Å². The van der Waals surface area contributed by atoms with E-state index in [2.05, 4.69) is 25.7 Å². The number of imide groups is 1. The van der Waals surface area contributed by atoms with E-state index in [9.17, 15) is 9.59 Å². The third-order valence-electron chi connectivity index (χ3n) is 5.93. The van der Waals surface area contributed by atoms with Crippen LogP contribution in [0.1, 0.15) is 11.1 Å². The van der Waals surface area contributed by atoms with Gasteiger partial charge in [0.1, 0.15) is 0 Å². The first-order valence-corrected chi connectivity index (χ1v) is 11.3. The number of aromatic amines is 2. The van der Waals surface area contributed by atoms with E-state index in [4.69, 9.17) is 12.2 Å². The predicted octanol–water partition coefficient (Wildman–Crippen LogP) is 4.23. The molecule has 8 nitrogen and oxygen atoms in total. The third-order valence-corrected chi connectivity index (χ3v) is 6.13. The van der Waals surface area contributed by atoms with Crippen molar-refractivity contribution < 1.29 is 9.59 Å². The van der Waals surface area contributed by atoms with Crippen molar-refractivity contribution in [1.82, 2.24) is 25.4 Å². The molecule has 0 bridgehead atoms. The molecule has 6 rings (SSSR count). The normalized spacial score (nSPS) is 13.8. The number of carbonyl (C=O) groups is 2. The molecular formula is C26H18N6O2S. The predicted molar refractivity (Wildman–Crippen MR) is 139 cm³/mol. The second-order valence-electron chi connectivity index (χ2n) is 8.00. The standard InChI is InChI=1S/C26H18N6O2S/c33-24-22(18-13-28-20-9-3-1-7-16(18)20)23(19-14-29-21-10-4-2-8-17(19)21)25(34)32(24)31-26(35)30-15-6-5-11-27-12-15/h1-14,28-29H,(H2,30,31,35). The smallest absolute Gasteiger partial charge is 0.281 e. The van der Waals surface area contributed by atoms with E-state index in [1.807, 2.05) is 48.5 Å². The number of thiocarbonyl (C=S) groups is 1. The summed E-state index contributed by atoms with van der Waals surface area (Å²) in [4.78, 5) is 37.9. The molecule has 5 aromatic rings. The minimum absolute atomic E-state index is 0.0955. The molecule has 2 aromatic carbocycles. The highest BCUT2D eigenvalue weighted by Gasteiger charge is 2.42. The Bertz CT molecular complexity index is 1570. The summed E-state index contributed by atoms with van der Waals surface area (Å²) in [7, 11) is 0. The highest BCUT2D eigenvalue weighted by Crippen LogP contribution is 2.40. The Morgan fingerprint density at radius 3 is 1.91 bits per heavy atom. The molecule has 0 aliphatic carbocycles. The summed E-state index contributed by atoms with van der Waals surface area (Å²) in [6, 6.07) is 18.8. The van der Waals surface area contributed by atoms with Gasteiger partial charge in [-0.25, -0.2) is 0 Å².